The lowest BCUT2D eigenvalue weighted by Gasteiger charge is -2.32. The van der Waals surface area contributed by atoms with Gasteiger partial charge in [-0.05, 0) is 60.5 Å². The fraction of sp³-hybridized carbons (Fsp3) is 0.435. The van der Waals surface area contributed by atoms with Crippen LogP contribution >= 0.6 is 0 Å². The molecule has 1 amide bonds. The highest BCUT2D eigenvalue weighted by atomic mass is 16.3. The third kappa shape index (κ3) is 5.26. The van der Waals surface area contributed by atoms with Crippen molar-refractivity contribution in [2.45, 2.75) is 45.1 Å². The molecule has 1 aliphatic rings. The quantitative estimate of drug-likeness (QED) is 0.506. The molecule has 0 bridgehead atoms. The molecule has 150 valence electrons. The van der Waals surface area contributed by atoms with Crippen LogP contribution in [0.25, 0.3) is 0 Å². The smallest absolute Gasteiger partial charge is 0.226 e. The molecule has 1 heterocycles. The molecule has 1 aliphatic heterocycles. The van der Waals surface area contributed by atoms with Gasteiger partial charge in [0.2, 0.25) is 5.91 Å². The van der Waals surface area contributed by atoms with Gasteiger partial charge >= 0.3 is 0 Å². The molecule has 5 heteroatoms. The van der Waals surface area contributed by atoms with E-state index >= 15 is 0 Å². The second-order valence-corrected chi connectivity index (χ2v) is 7.58. The van der Waals surface area contributed by atoms with Crippen LogP contribution in [-0.2, 0) is 17.8 Å². The van der Waals surface area contributed by atoms with E-state index in [1.165, 1.54) is 23.3 Å². The van der Waals surface area contributed by atoms with E-state index in [0.29, 0.717) is 5.92 Å². The van der Waals surface area contributed by atoms with Crippen LogP contribution < -0.4 is 5.32 Å². The van der Waals surface area contributed by atoms with Crippen molar-refractivity contribution in [1.82, 2.24) is 10.2 Å². The summed E-state index contributed by atoms with van der Waals surface area (Å²) in [7, 11) is 0. The molecule has 3 N–H and O–H groups in total. The number of rotatable bonds is 7. The second kappa shape index (κ2) is 9.60. The van der Waals surface area contributed by atoms with E-state index < -0.39 is 0 Å². The van der Waals surface area contributed by atoms with Gasteiger partial charge in [-0.25, -0.2) is 0 Å². The van der Waals surface area contributed by atoms with E-state index in [4.69, 9.17) is 0 Å². The molecule has 0 aromatic heterocycles. The van der Waals surface area contributed by atoms with Crippen LogP contribution in [-0.4, -0.2) is 40.7 Å². The van der Waals surface area contributed by atoms with Crippen molar-refractivity contribution in [3.63, 3.8) is 0 Å². The average Bonchev–Trinajstić information content (AvgIpc) is 2.71. The van der Waals surface area contributed by atoms with E-state index in [2.05, 4.69) is 36.5 Å². The van der Waals surface area contributed by atoms with Gasteiger partial charge in [0.05, 0.1) is 6.42 Å². The fourth-order valence-corrected chi connectivity index (χ4v) is 3.79. The summed E-state index contributed by atoms with van der Waals surface area (Å²) >= 11 is 0. The Labute approximate surface area is 167 Å². The highest BCUT2D eigenvalue weighted by Crippen LogP contribution is 2.29. The summed E-state index contributed by atoms with van der Waals surface area (Å²) in [5, 5.41) is 22.4. The molecule has 0 unspecified atom stereocenters. The summed E-state index contributed by atoms with van der Waals surface area (Å²) in [6.07, 6.45) is 3.32. The van der Waals surface area contributed by atoms with Gasteiger partial charge in [-0.3, -0.25) is 4.79 Å². The SMILES string of the molecule is CCCNCc1cccc(C2CCN(C(=O)Cc3ccc(O)c(O)c3)CC2)c1. The molecular formula is C23H30N2O3. The molecule has 0 aliphatic carbocycles. The molecule has 5 nitrogen and oxygen atoms in total. The number of nitrogens with zero attached hydrogens (tertiary/aromatic N) is 1. The summed E-state index contributed by atoms with van der Waals surface area (Å²) in [5.74, 6) is 0.218. The van der Waals surface area contributed by atoms with E-state index in [0.717, 1.165) is 51.0 Å². The first-order chi connectivity index (χ1) is 13.6. The van der Waals surface area contributed by atoms with Crippen molar-refractivity contribution in [2.24, 2.45) is 0 Å². The van der Waals surface area contributed by atoms with Crippen LogP contribution in [0.3, 0.4) is 0 Å². The van der Waals surface area contributed by atoms with Crippen molar-refractivity contribution in [2.75, 3.05) is 19.6 Å². The first-order valence-electron chi connectivity index (χ1n) is 10.1. The topological polar surface area (TPSA) is 72.8 Å². The lowest BCUT2D eigenvalue weighted by molar-refractivity contribution is -0.131. The Kier molecular flexibility index (Phi) is 6.93. The Morgan fingerprint density at radius 1 is 1.07 bits per heavy atom. The monoisotopic (exact) mass is 382 g/mol. The summed E-state index contributed by atoms with van der Waals surface area (Å²) in [6.45, 7) is 5.61. The average molecular weight is 383 g/mol. The Hall–Kier alpha value is -2.53. The Morgan fingerprint density at radius 3 is 2.57 bits per heavy atom. The van der Waals surface area contributed by atoms with E-state index in [9.17, 15) is 15.0 Å². The van der Waals surface area contributed by atoms with Gasteiger partial charge in [-0.1, -0.05) is 37.3 Å². The normalized spacial score (nSPS) is 15.0. The van der Waals surface area contributed by atoms with Crippen LogP contribution in [0, 0.1) is 0 Å². The summed E-state index contributed by atoms with van der Waals surface area (Å²) in [4.78, 5) is 14.5. The van der Waals surface area contributed by atoms with E-state index in [-0.39, 0.29) is 23.8 Å². The maximum atomic E-state index is 12.6. The van der Waals surface area contributed by atoms with Crippen LogP contribution in [0.5, 0.6) is 11.5 Å². The maximum Gasteiger partial charge on any atom is 0.226 e. The van der Waals surface area contributed by atoms with Crippen molar-refractivity contribution in [3.05, 3.63) is 59.2 Å². The van der Waals surface area contributed by atoms with Crippen LogP contribution in [0.1, 0.15) is 48.8 Å². The highest BCUT2D eigenvalue weighted by molar-refractivity contribution is 5.79. The zero-order valence-electron chi connectivity index (χ0n) is 16.5. The number of likely N-dealkylation sites (tertiary alicyclic amines) is 1. The number of hydrogen-bond donors (Lipinski definition) is 3. The molecule has 0 spiro atoms. The number of piperidine rings is 1. The third-order valence-corrected chi connectivity index (χ3v) is 5.42. The number of aromatic hydroxyl groups is 2. The van der Waals surface area contributed by atoms with Gasteiger partial charge in [-0.15, -0.1) is 0 Å². The van der Waals surface area contributed by atoms with Gasteiger partial charge in [-0.2, -0.15) is 0 Å². The number of carbonyl (C=O) groups is 1. The van der Waals surface area contributed by atoms with Crippen molar-refractivity contribution in [3.8, 4) is 11.5 Å². The Bertz CT molecular complexity index is 798. The minimum Gasteiger partial charge on any atom is -0.504 e. The number of nitrogens with one attached hydrogen (secondary N) is 1. The molecule has 0 saturated carbocycles. The maximum absolute atomic E-state index is 12.6. The number of amides is 1. The zero-order valence-corrected chi connectivity index (χ0v) is 16.5. The number of phenolic OH excluding ortho intramolecular Hbond substituents is 2. The minimum atomic E-state index is -0.183. The van der Waals surface area contributed by atoms with Gasteiger partial charge in [0.25, 0.3) is 0 Å². The summed E-state index contributed by atoms with van der Waals surface area (Å²) < 4.78 is 0. The van der Waals surface area contributed by atoms with Crippen LogP contribution in [0.15, 0.2) is 42.5 Å². The first kappa shape index (κ1) is 20.2. The van der Waals surface area contributed by atoms with Crippen LogP contribution in [0.2, 0.25) is 0 Å². The molecular weight excluding hydrogens is 352 g/mol. The molecule has 2 aromatic carbocycles. The second-order valence-electron chi connectivity index (χ2n) is 7.58. The predicted molar refractivity (Wildman–Crippen MR) is 110 cm³/mol. The zero-order chi connectivity index (χ0) is 19.9. The molecule has 0 radical (unpaired) electrons. The number of carbonyl (C=O) groups excluding carboxylic acids is 1. The standard InChI is InChI=1S/C23H30N2O3/c1-2-10-24-16-18-4-3-5-20(13-18)19-8-11-25(12-9-19)23(28)15-17-6-7-21(26)22(27)14-17/h3-7,13-14,19,24,26-27H,2,8-12,15-16H2,1H3. The minimum absolute atomic E-state index is 0.0704. The lowest BCUT2D eigenvalue weighted by atomic mass is 9.88. The van der Waals surface area contributed by atoms with Gasteiger partial charge in [0.15, 0.2) is 11.5 Å². The number of hydrogen-bond acceptors (Lipinski definition) is 4. The molecule has 2 aromatic rings. The first-order valence-corrected chi connectivity index (χ1v) is 10.1. The predicted octanol–water partition coefficient (Wildman–Crippen LogP) is 3.55. The van der Waals surface area contributed by atoms with Crippen molar-refractivity contribution >= 4 is 5.91 Å². The largest absolute Gasteiger partial charge is 0.504 e. The lowest BCUT2D eigenvalue weighted by Crippen LogP contribution is -2.38. The van der Waals surface area contributed by atoms with E-state index in [1.807, 2.05) is 4.90 Å². The van der Waals surface area contributed by atoms with Crippen LogP contribution in [0.4, 0.5) is 0 Å². The number of phenols is 2. The third-order valence-electron chi connectivity index (χ3n) is 5.42. The molecule has 3 rings (SSSR count). The van der Waals surface area contributed by atoms with Gasteiger partial charge < -0.3 is 20.4 Å². The Morgan fingerprint density at radius 2 is 1.86 bits per heavy atom. The van der Waals surface area contributed by atoms with Crippen molar-refractivity contribution < 1.29 is 15.0 Å². The molecule has 0 atom stereocenters. The van der Waals surface area contributed by atoms with E-state index in [1.54, 1.807) is 6.07 Å². The van der Waals surface area contributed by atoms with Gasteiger partial charge in [0, 0.05) is 19.6 Å². The molecule has 28 heavy (non-hydrogen) atoms. The van der Waals surface area contributed by atoms with Crippen molar-refractivity contribution in [1.29, 1.82) is 0 Å². The highest BCUT2D eigenvalue weighted by Gasteiger charge is 2.24. The molecule has 1 saturated heterocycles. The summed E-state index contributed by atoms with van der Waals surface area (Å²) in [5.41, 5.74) is 3.40. The fourth-order valence-electron chi connectivity index (χ4n) is 3.79. The molecule has 1 fully saturated rings. The Balaban J connectivity index is 1.53. The summed E-state index contributed by atoms with van der Waals surface area (Å²) in [6, 6.07) is 13.3. The van der Waals surface area contributed by atoms with Gasteiger partial charge in [0.1, 0.15) is 0 Å². The number of benzene rings is 2.